The summed E-state index contributed by atoms with van der Waals surface area (Å²) in [7, 11) is 3.66. The van der Waals surface area contributed by atoms with Crippen molar-refractivity contribution in [1.82, 2.24) is 10.2 Å². The van der Waals surface area contributed by atoms with Gasteiger partial charge in [-0.05, 0) is 55.6 Å². The van der Waals surface area contributed by atoms with E-state index >= 15 is 0 Å². The smallest absolute Gasteiger partial charge is 0.244 e. The van der Waals surface area contributed by atoms with Crippen molar-refractivity contribution in [2.75, 3.05) is 32.7 Å². The molecule has 0 saturated carbocycles. The van der Waals surface area contributed by atoms with Crippen LogP contribution in [0.5, 0.6) is 11.5 Å². The zero-order chi connectivity index (χ0) is 20.8. The van der Waals surface area contributed by atoms with Crippen LogP contribution in [-0.2, 0) is 16.1 Å². The molecule has 0 saturated heterocycles. The maximum Gasteiger partial charge on any atom is 0.244 e. The fourth-order valence-electron chi connectivity index (χ4n) is 2.75. The highest BCUT2D eigenvalue weighted by Gasteiger charge is 2.17. The summed E-state index contributed by atoms with van der Waals surface area (Å²) in [6.45, 7) is 0.773. The number of halogens is 1. The first-order valence-electron chi connectivity index (χ1n) is 8.99. The van der Waals surface area contributed by atoms with Gasteiger partial charge >= 0.3 is 0 Å². The molecule has 1 aliphatic heterocycles. The second-order valence-corrected chi connectivity index (χ2v) is 7.18. The molecule has 1 heterocycles. The minimum absolute atomic E-state index is 0.0958. The minimum atomic E-state index is -0.249. The van der Waals surface area contributed by atoms with E-state index in [0.29, 0.717) is 35.3 Å². The van der Waals surface area contributed by atoms with E-state index in [0.717, 1.165) is 11.1 Å². The summed E-state index contributed by atoms with van der Waals surface area (Å²) < 4.78 is 10.6. The molecule has 1 aliphatic rings. The summed E-state index contributed by atoms with van der Waals surface area (Å²) in [5.74, 6) is 0.735. The van der Waals surface area contributed by atoms with Crippen molar-refractivity contribution in [3.8, 4) is 11.5 Å². The molecular formula is C21H22ClN3O4. The molecule has 0 atom stereocenters. The standard InChI is InChI=1S/C21H22ClN3O4/c1-25(2)12-20(27)24-16-5-3-4-15(8-16)11-23-19(26)7-6-14-9-17(22)21-18(10-14)28-13-29-21/h3-10H,11-13H2,1-2H3,(H,23,26)(H,24,27)/b7-6+. The van der Waals surface area contributed by atoms with Gasteiger partial charge in [0.1, 0.15) is 0 Å². The molecule has 8 heteroatoms. The molecule has 2 N–H and O–H groups in total. The van der Waals surface area contributed by atoms with E-state index in [1.165, 1.54) is 6.08 Å². The molecule has 29 heavy (non-hydrogen) atoms. The lowest BCUT2D eigenvalue weighted by Crippen LogP contribution is -2.27. The zero-order valence-electron chi connectivity index (χ0n) is 16.2. The molecule has 7 nitrogen and oxygen atoms in total. The number of ether oxygens (including phenoxy) is 2. The number of carbonyl (C=O) groups excluding carboxylic acids is 2. The second-order valence-electron chi connectivity index (χ2n) is 6.77. The third kappa shape index (κ3) is 5.97. The molecule has 2 aromatic carbocycles. The van der Waals surface area contributed by atoms with Gasteiger partial charge in [-0.3, -0.25) is 9.59 Å². The highest BCUT2D eigenvalue weighted by molar-refractivity contribution is 6.32. The van der Waals surface area contributed by atoms with E-state index < -0.39 is 0 Å². The maximum absolute atomic E-state index is 12.1. The van der Waals surface area contributed by atoms with Crippen LogP contribution in [0, 0.1) is 0 Å². The first-order valence-corrected chi connectivity index (χ1v) is 9.37. The molecule has 3 rings (SSSR count). The van der Waals surface area contributed by atoms with Crippen molar-refractivity contribution in [3.63, 3.8) is 0 Å². The van der Waals surface area contributed by atoms with Crippen molar-refractivity contribution in [1.29, 1.82) is 0 Å². The van der Waals surface area contributed by atoms with Crippen LogP contribution in [0.4, 0.5) is 5.69 Å². The Morgan fingerprint density at radius 3 is 2.83 bits per heavy atom. The highest BCUT2D eigenvalue weighted by Crippen LogP contribution is 2.40. The molecule has 2 amide bonds. The topological polar surface area (TPSA) is 79.9 Å². The Morgan fingerprint density at radius 1 is 1.21 bits per heavy atom. The van der Waals surface area contributed by atoms with Gasteiger partial charge in [0.05, 0.1) is 11.6 Å². The number of likely N-dealkylation sites (N-methyl/N-ethyl adjacent to an activating group) is 1. The number of amides is 2. The van der Waals surface area contributed by atoms with Crippen LogP contribution in [0.15, 0.2) is 42.5 Å². The van der Waals surface area contributed by atoms with Crippen LogP contribution < -0.4 is 20.1 Å². The van der Waals surface area contributed by atoms with Crippen LogP contribution in [0.1, 0.15) is 11.1 Å². The van der Waals surface area contributed by atoms with Gasteiger partial charge in [0, 0.05) is 18.3 Å². The maximum atomic E-state index is 12.1. The summed E-state index contributed by atoms with van der Waals surface area (Å²) >= 11 is 6.14. The summed E-state index contributed by atoms with van der Waals surface area (Å²) in [6, 6.07) is 10.8. The molecule has 0 radical (unpaired) electrons. The molecule has 0 aromatic heterocycles. The van der Waals surface area contributed by atoms with E-state index in [9.17, 15) is 9.59 Å². The van der Waals surface area contributed by atoms with E-state index in [4.69, 9.17) is 21.1 Å². The van der Waals surface area contributed by atoms with E-state index in [-0.39, 0.29) is 18.6 Å². The fourth-order valence-corrected chi connectivity index (χ4v) is 3.02. The highest BCUT2D eigenvalue weighted by atomic mass is 35.5. The Kier molecular flexibility index (Phi) is 6.74. The lowest BCUT2D eigenvalue weighted by Gasteiger charge is -2.11. The number of carbonyl (C=O) groups is 2. The fraction of sp³-hybridized carbons (Fsp3) is 0.238. The van der Waals surface area contributed by atoms with E-state index in [1.807, 2.05) is 38.4 Å². The van der Waals surface area contributed by atoms with Gasteiger partial charge in [-0.1, -0.05) is 23.7 Å². The van der Waals surface area contributed by atoms with Gasteiger partial charge in [0.2, 0.25) is 18.6 Å². The molecule has 0 bridgehead atoms. The van der Waals surface area contributed by atoms with Crippen molar-refractivity contribution < 1.29 is 19.1 Å². The van der Waals surface area contributed by atoms with Gasteiger partial charge < -0.3 is 25.0 Å². The Balaban J connectivity index is 1.54. The Bertz CT molecular complexity index is 944. The SMILES string of the molecule is CN(C)CC(=O)Nc1cccc(CNC(=O)/C=C/c2cc(Cl)c3c(c2)OCO3)c1. The largest absolute Gasteiger partial charge is 0.454 e. The summed E-state index contributed by atoms with van der Waals surface area (Å²) in [5, 5.41) is 6.08. The number of anilines is 1. The minimum Gasteiger partial charge on any atom is -0.454 e. The third-order valence-electron chi connectivity index (χ3n) is 4.01. The predicted octanol–water partition coefficient (Wildman–Crippen LogP) is 2.90. The van der Waals surface area contributed by atoms with Crippen LogP contribution in [0.3, 0.4) is 0 Å². The van der Waals surface area contributed by atoms with Crippen molar-refractivity contribution in [2.45, 2.75) is 6.54 Å². The Hall–Kier alpha value is -3.03. The monoisotopic (exact) mass is 415 g/mol. The molecular weight excluding hydrogens is 394 g/mol. The summed E-state index contributed by atoms with van der Waals surface area (Å²) in [4.78, 5) is 25.8. The van der Waals surface area contributed by atoms with Gasteiger partial charge in [-0.2, -0.15) is 0 Å². The number of nitrogens with one attached hydrogen (secondary N) is 2. The van der Waals surface area contributed by atoms with Gasteiger partial charge in [-0.15, -0.1) is 0 Å². The average molecular weight is 416 g/mol. The molecule has 0 spiro atoms. The van der Waals surface area contributed by atoms with E-state index in [1.54, 1.807) is 23.1 Å². The van der Waals surface area contributed by atoms with Crippen LogP contribution in [0.2, 0.25) is 5.02 Å². The van der Waals surface area contributed by atoms with E-state index in [2.05, 4.69) is 10.6 Å². The van der Waals surface area contributed by atoms with Gasteiger partial charge in [-0.25, -0.2) is 0 Å². The summed E-state index contributed by atoms with van der Waals surface area (Å²) in [6.07, 6.45) is 3.08. The van der Waals surface area contributed by atoms with Crippen LogP contribution in [0.25, 0.3) is 6.08 Å². The predicted molar refractivity (Wildman–Crippen MR) is 112 cm³/mol. The Labute approximate surface area is 174 Å². The van der Waals surface area contributed by atoms with Gasteiger partial charge in [0.25, 0.3) is 0 Å². The molecule has 0 aliphatic carbocycles. The number of hydrogen-bond donors (Lipinski definition) is 2. The lowest BCUT2D eigenvalue weighted by atomic mass is 10.1. The van der Waals surface area contributed by atoms with Crippen molar-refractivity contribution >= 4 is 35.2 Å². The lowest BCUT2D eigenvalue weighted by molar-refractivity contribution is -0.117. The number of benzene rings is 2. The normalized spacial score (nSPS) is 12.4. The molecule has 0 fully saturated rings. The number of nitrogens with zero attached hydrogens (tertiary/aromatic N) is 1. The summed E-state index contributed by atoms with van der Waals surface area (Å²) in [5.41, 5.74) is 2.30. The van der Waals surface area contributed by atoms with Gasteiger partial charge in [0.15, 0.2) is 11.5 Å². The van der Waals surface area contributed by atoms with Crippen LogP contribution in [-0.4, -0.2) is 44.1 Å². The molecule has 2 aromatic rings. The second kappa shape index (κ2) is 9.45. The molecule has 0 unspecified atom stereocenters. The number of fused-ring (bicyclic) bond motifs is 1. The van der Waals surface area contributed by atoms with Crippen molar-refractivity contribution in [3.05, 3.63) is 58.6 Å². The van der Waals surface area contributed by atoms with Crippen LogP contribution >= 0.6 is 11.6 Å². The third-order valence-corrected chi connectivity index (χ3v) is 4.29. The zero-order valence-corrected chi connectivity index (χ0v) is 17.0. The average Bonchev–Trinajstić information content (AvgIpc) is 3.13. The first-order chi connectivity index (χ1) is 13.9. The molecule has 152 valence electrons. The number of rotatable bonds is 7. The first kappa shape index (κ1) is 20.7. The van der Waals surface area contributed by atoms with Crippen molar-refractivity contribution in [2.24, 2.45) is 0 Å². The quantitative estimate of drug-likeness (QED) is 0.680. The number of hydrogen-bond acceptors (Lipinski definition) is 5. The Morgan fingerprint density at radius 2 is 2.03 bits per heavy atom.